The van der Waals surface area contributed by atoms with E-state index in [1.165, 1.54) is 17.3 Å². The van der Waals surface area contributed by atoms with Gasteiger partial charge in [0, 0.05) is 17.0 Å². The minimum Gasteiger partial charge on any atom is -0.293 e. The highest BCUT2D eigenvalue weighted by molar-refractivity contribution is 7.99. The summed E-state index contributed by atoms with van der Waals surface area (Å²) in [6.45, 7) is 8.84. The van der Waals surface area contributed by atoms with Gasteiger partial charge in [0.25, 0.3) is 5.56 Å². The van der Waals surface area contributed by atoms with Crippen molar-refractivity contribution in [2.24, 2.45) is 0 Å². The van der Waals surface area contributed by atoms with Crippen molar-refractivity contribution in [3.05, 3.63) is 56.2 Å². The third-order valence-corrected chi connectivity index (χ3v) is 7.08. The summed E-state index contributed by atoms with van der Waals surface area (Å²) in [7, 11) is 0. The second-order valence-corrected chi connectivity index (χ2v) is 9.08. The fraction of sp³-hybridized carbons (Fsp3) is 0.409. The summed E-state index contributed by atoms with van der Waals surface area (Å²) in [4.78, 5) is 32.4. The highest BCUT2D eigenvalue weighted by Gasteiger charge is 2.17. The number of fused-ring (bicyclic) bond motifs is 1. The second-order valence-electron chi connectivity index (χ2n) is 6.93. The summed E-state index contributed by atoms with van der Waals surface area (Å²) in [5, 5.41) is 1.37. The Morgan fingerprint density at radius 3 is 2.54 bits per heavy atom. The molecule has 0 aliphatic heterocycles. The van der Waals surface area contributed by atoms with Crippen molar-refractivity contribution in [3.8, 4) is 0 Å². The minimum atomic E-state index is 0.0162. The summed E-state index contributed by atoms with van der Waals surface area (Å²) < 4.78 is 1.75. The number of aromatic nitrogens is 2. The van der Waals surface area contributed by atoms with E-state index in [-0.39, 0.29) is 17.1 Å². The number of carbonyl (C=O) groups is 1. The van der Waals surface area contributed by atoms with Crippen LogP contribution in [0.1, 0.15) is 53.1 Å². The van der Waals surface area contributed by atoms with Gasteiger partial charge < -0.3 is 0 Å². The van der Waals surface area contributed by atoms with Crippen LogP contribution < -0.4 is 5.56 Å². The Kier molecular flexibility index (Phi) is 6.73. The van der Waals surface area contributed by atoms with Crippen molar-refractivity contribution in [1.82, 2.24) is 9.55 Å². The van der Waals surface area contributed by atoms with Crippen molar-refractivity contribution in [2.45, 2.75) is 58.7 Å². The molecule has 0 amide bonds. The lowest BCUT2D eigenvalue weighted by Gasteiger charge is -2.11. The second kappa shape index (κ2) is 9.05. The molecule has 6 heteroatoms. The van der Waals surface area contributed by atoms with Crippen molar-refractivity contribution in [3.63, 3.8) is 0 Å². The normalized spacial score (nSPS) is 11.3. The molecule has 0 saturated heterocycles. The maximum atomic E-state index is 13.1. The van der Waals surface area contributed by atoms with E-state index >= 15 is 0 Å². The highest BCUT2D eigenvalue weighted by Crippen LogP contribution is 2.28. The van der Waals surface area contributed by atoms with Gasteiger partial charge in [0.05, 0.1) is 11.1 Å². The molecule has 0 N–H and O–H groups in total. The molecule has 0 spiro atoms. The van der Waals surface area contributed by atoms with E-state index in [9.17, 15) is 9.59 Å². The Hall–Kier alpha value is -1.92. The average molecular weight is 415 g/mol. The molecule has 3 aromatic rings. The van der Waals surface area contributed by atoms with E-state index in [2.05, 4.69) is 13.8 Å². The van der Waals surface area contributed by atoms with Crippen LogP contribution in [0.5, 0.6) is 0 Å². The van der Waals surface area contributed by atoms with Gasteiger partial charge in [-0.2, -0.15) is 0 Å². The smallest absolute Gasteiger partial charge is 0.263 e. The molecule has 3 rings (SSSR count). The van der Waals surface area contributed by atoms with Gasteiger partial charge in [-0.15, -0.1) is 11.3 Å². The van der Waals surface area contributed by atoms with Gasteiger partial charge in [-0.1, -0.05) is 56.3 Å². The maximum absolute atomic E-state index is 13.1. The number of thiophene rings is 1. The number of carbonyl (C=O) groups excluding carboxylic acids is 1. The number of aryl methyl sites for hydroxylation is 3. The van der Waals surface area contributed by atoms with Crippen LogP contribution in [0.25, 0.3) is 10.2 Å². The van der Waals surface area contributed by atoms with Crippen molar-refractivity contribution < 1.29 is 4.79 Å². The van der Waals surface area contributed by atoms with Crippen LogP contribution in [0.15, 0.2) is 34.2 Å². The number of hydrogen-bond donors (Lipinski definition) is 0. The van der Waals surface area contributed by atoms with Crippen LogP contribution >= 0.6 is 23.1 Å². The first-order chi connectivity index (χ1) is 13.5. The fourth-order valence-corrected chi connectivity index (χ4v) is 5.06. The van der Waals surface area contributed by atoms with Crippen molar-refractivity contribution in [1.29, 1.82) is 0 Å². The summed E-state index contributed by atoms with van der Waals surface area (Å²) in [5.74, 6) is 0.335. The first kappa shape index (κ1) is 20.8. The largest absolute Gasteiger partial charge is 0.293 e. The average Bonchev–Trinajstić information content (AvgIpc) is 2.99. The topological polar surface area (TPSA) is 52.0 Å². The van der Waals surface area contributed by atoms with E-state index in [1.807, 2.05) is 38.1 Å². The summed E-state index contributed by atoms with van der Waals surface area (Å²) in [5.41, 5.74) is 2.96. The Morgan fingerprint density at radius 1 is 1.18 bits per heavy atom. The third-order valence-electron chi connectivity index (χ3n) is 5.01. The monoisotopic (exact) mass is 414 g/mol. The van der Waals surface area contributed by atoms with E-state index < -0.39 is 0 Å². The molecule has 0 radical (unpaired) electrons. The number of ketones is 1. The van der Waals surface area contributed by atoms with Gasteiger partial charge in [-0.25, -0.2) is 4.98 Å². The zero-order chi connectivity index (χ0) is 20.3. The minimum absolute atomic E-state index is 0.0162. The van der Waals surface area contributed by atoms with Crippen LogP contribution in [0.3, 0.4) is 0 Å². The number of Topliss-reactive ketones (excluding diaryl/α,β-unsaturated/α-hetero) is 1. The predicted octanol–water partition coefficient (Wildman–Crippen LogP) is 5.41. The molecule has 0 aliphatic carbocycles. The van der Waals surface area contributed by atoms with Crippen LogP contribution in [0, 0.1) is 13.8 Å². The van der Waals surface area contributed by atoms with E-state index in [4.69, 9.17) is 4.98 Å². The first-order valence-electron chi connectivity index (χ1n) is 9.71. The number of rotatable bonds is 8. The van der Waals surface area contributed by atoms with Gasteiger partial charge in [0.15, 0.2) is 10.9 Å². The molecule has 2 heterocycles. The van der Waals surface area contributed by atoms with E-state index in [0.29, 0.717) is 17.3 Å². The zero-order valence-electron chi connectivity index (χ0n) is 16.9. The van der Waals surface area contributed by atoms with Crippen molar-refractivity contribution in [2.75, 3.05) is 5.75 Å². The zero-order valence-corrected chi connectivity index (χ0v) is 18.5. The molecule has 0 fully saturated rings. The number of thioether (sulfide) groups is 1. The van der Waals surface area contributed by atoms with Gasteiger partial charge >= 0.3 is 0 Å². The number of nitrogens with zero attached hydrogens (tertiary/aromatic N) is 2. The van der Waals surface area contributed by atoms with Crippen LogP contribution in [-0.4, -0.2) is 21.1 Å². The lowest BCUT2D eigenvalue weighted by Crippen LogP contribution is -2.23. The summed E-state index contributed by atoms with van der Waals surface area (Å²) >= 11 is 2.92. The van der Waals surface area contributed by atoms with E-state index in [1.54, 1.807) is 15.9 Å². The number of benzene rings is 1. The molecule has 148 valence electrons. The molecular formula is C22H26N2O2S2. The lowest BCUT2D eigenvalue weighted by molar-refractivity contribution is 0.102. The maximum Gasteiger partial charge on any atom is 0.263 e. The molecular weight excluding hydrogens is 388 g/mol. The molecule has 0 saturated carbocycles. The molecule has 0 unspecified atom stereocenters. The van der Waals surface area contributed by atoms with Gasteiger partial charge in [0.1, 0.15) is 4.83 Å². The Bertz CT molecular complexity index is 1050. The molecule has 0 aliphatic rings. The standard InChI is InChI=1S/C22H26N2O2S2/c1-5-7-12-24-21(26)19-14(3)15(4)28-20(19)23-22(24)27-13-18(25)17-10-8-16(6-2)9-11-17/h8-11H,5-7,12-13H2,1-4H3. The lowest BCUT2D eigenvalue weighted by atomic mass is 10.1. The quantitative estimate of drug-likeness (QED) is 0.281. The van der Waals surface area contributed by atoms with E-state index in [0.717, 1.165) is 39.9 Å². The third kappa shape index (κ3) is 4.23. The van der Waals surface area contributed by atoms with Gasteiger partial charge in [-0.3, -0.25) is 14.2 Å². The number of hydrogen-bond acceptors (Lipinski definition) is 5. The molecule has 1 aromatic carbocycles. The molecule has 2 aromatic heterocycles. The molecule has 0 bridgehead atoms. The summed E-state index contributed by atoms with van der Waals surface area (Å²) in [6.07, 6.45) is 2.87. The molecule has 28 heavy (non-hydrogen) atoms. The Morgan fingerprint density at radius 2 is 1.89 bits per heavy atom. The van der Waals surface area contributed by atoms with Gasteiger partial charge in [0.2, 0.25) is 0 Å². The first-order valence-corrected chi connectivity index (χ1v) is 11.5. The predicted molar refractivity (Wildman–Crippen MR) is 119 cm³/mol. The molecule has 4 nitrogen and oxygen atoms in total. The van der Waals surface area contributed by atoms with Crippen LogP contribution in [0.4, 0.5) is 0 Å². The number of unbranched alkanes of at least 4 members (excludes halogenated alkanes) is 1. The highest BCUT2D eigenvalue weighted by atomic mass is 32.2. The SMILES string of the molecule is CCCCn1c(SCC(=O)c2ccc(CC)cc2)nc2sc(C)c(C)c2c1=O. The fourth-order valence-electron chi connectivity index (χ4n) is 3.07. The summed E-state index contributed by atoms with van der Waals surface area (Å²) in [6, 6.07) is 7.76. The Labute approximate surface area is 174 Å². The van der Waals surface area contributed by atoms with Crippen molar-refractivity contribution >= 4 is 39.1 Å². The molecule has 0 atom stereocenters. The Balaban J connectivity index is 1.90. The van der Waals surface area contributed by atoms with Crippen LogP contribution in [-0.2, 0) is 13.0 Å². The van der Waals surface area contributed by atoms with Crippen LogP contribution in [0.2, 0.25) is 0 Å². The van der Waals surface area contributed by atoms with Gasteiger partial charge in [-0.05, 0) is 37.8 Å².